The van der Waals surface area contributed by atoms with E-state index in [4.69, 9.17) is 0 Å². The van der Waals surface area contributed by atoms with Gasteiger partial charge < -0.3 is 10.4 Å². The first-order valence-corrected chi connectivity index (χ1v) is 7.01. The van der Waals surface area contributed by atoms with Gasteiger partial charge in [0.1, 0.15) is 5.82 Å². The van der Waals surface area contributed by atoms with E-state index >= 15 is 0 Å². The highest BCUT2D eigenvalue weighted by Crippen LogP contribution is 2.17. The number of aromatic nitrogens is 2. The molecule has 0 radical (unpaired) electrons. The zero-order chi connectivity index (χ0) is 14.8. The van der Waals surface area contributed by atoms with Gasteiger partial charge in [-0.25, -0.2) is 14.8 Å². The molecule has 0 unspecified atom stereocenters. The number of aryl methyl sites for hydroxylation is 1. The Morgan fingerprint density at radius 1 is 1.29 bits per heavy atom. The molecule has 3 rings (SSSR count). The molecule has 21 heavy (non-hydrogen) atoms. The molecule has 2 heterocycles. The standard InChI is InChI=1S/C16H17N3O2/c1-10-2-4-11(5-3-10)8-14-18-13-9-17-7-6-12(13)15(19-14)16(20)21/h2-5,17H,6-9H2,1H3,(H,20,21). The molecule has 0 amide bonds. The van der Waals surface area contributed by atoms with E-state index in [0.717, 1.165) is 23.4 Å². The van der Waals surface area contributed by atoms with Crippen LogP contribution in [0.1, 0.15) is 38.7 Å². The maximum absolute atomic E-state index is 11.4. The van der Waals surface area contributed by atoms with Gasteiger partial charge in [0, 0.05) is 18.5 Å². The molecule has 1 aromatic carbocycles. The van der Waals surface area contributed by atoms with E-state index in [0.29, 0.717) is 25.2 Å². The molecule has 1 aliphatic rings. The average Bonchev–Trinajstić information content (AvgIpc) is 2.48. The molecule has 0 fully saturated rings. The lowest BCUT2D eigenvalue weighted by molar-refractivity contribution is 0.0688. The Balaban J connectivity index is 1.97. The summed E-state index contributed by atoms with van der Waals surface area (Å²) in [7, 11) is 0. The third kappa shape index (κ3) is 2.92. The van der Waals surface area contributed by atoms with Gasteiger partial charge >= 0.3 is 5.97 Å². The number of aromatic carboxylic acids is 1. The van der Waals surface area contributed by atoms with E-state index in [9.17, 15) is 9.90 Å². The molecule has 0 aliphatic carbocycles. The number of rotatable bonds is 3. The van der Waals surface area contributed by atoms with Crippen LogP contribution < -0.4 is 5.32 Å². The summed E-state index contributed by atoms with van der Waals surface area (Å²) in [6.45, 7) is 3.42. The monoisotopic (exact) mass is 283 g/mol. The minimum atomic E-state index is -0.972. The molecule has 1 aromatic heterocycles. The van der Waals surface area contributed by atoms with E-state index in [-0.39, 0.29) is 5.69 Å². The lowest BCUT2D eigenvalue weighted by Crippen LogP contribution is -2.28. The fourth-order valence-electron chi connectivity index (χ4n) is 2.56. The number of carboxylic acids is 1. The number of carbonyl (C=O) groups is 1. The Kier molecular flexibility index (Phi) is 3.66. The van der Waals surface area contributed by atoms with Crippen molar-refractivity contribution < 1.29 is 9.90 Å². The van der Waals surface area contributed by atoms with Gasteiger partial charge in [-0.3, -0.25) is 0 Å². The van der Waals surface area contributed by atoms with Crippen molar-refractivity contribution in [3.05, 3.63) is 58.2 Å². The van der Waals surface area contributed by atoms with Crippen LogP contribution in [0.2, 0.25) is 0 Å². The first-order chi connectivity index (χ1) is 10.1. The van der Waals surface area contributed by atoms with E-state index in [1.54, 1.807) is 0 Å². The maximum Gasteiger partial charge on any atom is 0.354 e. The Morgan fingerprint density at radius 3 is 2.76 bits per heavy atom. The zero-order valence-electron chi connectivity index (χ0n) is 11.9. The molecule has 5 nitrogen and oxygen atoms in total. The summed E-state index contributed by atoms with van der Waals surface area (Å²) in [5, 5.41) is 12.6. The summed E-state index contributed by atoms with van der Waals surface area (Å²) in [6.07, 6.45) is 1.22. The van der Waals surface area contributed by atoms with E-state index < -0.39 is 5.97 Å². The van der Waals surface area contributed by atoms with Gasteiger partial charge in [-0.05, 0) is 25.5 Å². The van der Waals surface area contributed by atoms with Gasteiger partial charge in [0.05, 0.1) is 5.69 Å². The molecule has 5 heteroatoms. The summed E-state index contributed by atoms with van der Waals surface area (Å²) >= 11 is 0. The zero-order valence-corrected chi connectivity index (χ0v) is 11.9. The van der Waals surface area contributed by atoms with Gasteiger partial charge in [-0.15, -0.1) is 0 Å². The summed E-state index contributed by atoms with van der Waals surface area (Å²) in [5.41, 5.74) is 4.02. The molecule has 2 N–H and O–H groups in total. The average molecular weight is 283 g/mol. The van der Waals surface area contributed by atoms with Crippen LogP contribution in [0.5, 0.6) is 0 Å². The SMILES string of the molecule is Cc1ccc(Cc2nc3c(c(C(=O)O)n2)CCNC3)cc1. The van der Waals surface area contributed by atoms with Crippen LogP contribution in [0.25, 0.3) is 0 Å². The second-order valence-corrected chi connectivity index (χ2v) is 5.31. The summed E-state index contributed by atoms with van der Waals surface area (Å²) in [6, 6.07) is 8.12. The highest BCUT2D eigenvalue weighted by molar-refractivity contribution is 5.87. The summed E-state index contributed by atoms with van der Waals surface area (Å²) in [5.74, 6) is -0.403. The van der Waals surface area contributed by atoms with E-state index in [2.05, 4.69) is 15.3 Å². The third-order valence-electron chi connectivity index (χ3n) is 3.67. The Labute approximate surface area is 123 Å². The van der Waals surface area contributed by atoms with Crippen molar-refractivity contribution in [2.24, 2.45) is 0 Å². The molecule has 0 spiro atoms. The number of fused-ring (bicyclic) bond motifs is 1. The molecular weight excluding hydrogens is 266 g/mol. The lowest BCUT2D eigenvalue weighted by atomic mass is 10.0. The second kappa shape index (κ2) is 5.61. The van der Waals surface area contributed by atoms with Crippen molar-refractivity contribution >= 4 is 5.97 Å². The van der Waals surface area contributed by atoms with Crippen LogP contribution in [0.4, 0.5) is 0 Å². The van der Waals surface area contributed by atoms with Gasteiger partial charge in [0.15, 0.2) is 5.69 Å². The van der Waals surface area contributed by atoms with Crippen LogP contribution in [-0.4, -0.2) is 27.6 Å². The maximum atomic E-state index is 11.4. The second-order valence-electron chi connectivity index (χ2n) is 5.31. The summed E-state index contributed by atoms with van der Waals surface area (Å²) < 4.78 is 0. The molecule has 0 saturated carbocycles. The molecule has 108 valence electrons. The van der Waals surface area contributed by atoms with Gasteiger partial charge in [-0.2, -0.15) is 0 Å². The number of benzene rings is 1. The Hall–Kier alpha value is -2.27. The third-order valence-corrected chi connectivity index (χ3v) is 3.67. The van der Waals surface area contributed by atoms with E-state index in [1.165, 1.54) is 5.56 Å². The van der Waals surface area contributed by atoms with Crippen LogP contribution in [0.3, 0.4) is 0 Å². The van der Waals surface area contributed by atoms with Crippen LogP contribution in [0, 0.1) is 6.92 Å². The van der Waals surface area contributed by atoms with Crippen molar-refractivity contribution in [3.8, 4) is 0 Å². The molecule has 0 saturated heterocycles. The Morgan fingerprint density at radius 2 is 2.05 bits per heavy atom. The number of hydrogen-bond acceptors (Lipinski definition) is 4. The first-order valence-electron chi connectivity index (χ1n) is 7.01. The lowest BCUT2D eigenvalue weighted by Gasteiger charge is -2.18. The van der Waals surface area contributed by atoms with Crippen molar-refractivity contribution in [2.75, 3.05) is 6.54 Å². The van der Waals surface area contributed by atoms with Crippen molar-refractivity contribution in [2.45, 2.75) is 26.3 Å². The smallest absolute Gasteiger partial charge is 0.354 e. The fraction of sp³-hybridized carbons (Fsp3) is 0.312. The predicted molar refractivity (Wildman–Crippen MR) is 78.4 cm³/mol. The normalized spacial score (nSPS) is 13.8. The van der Waals surface area contributed by atoms with Crippen LogP contribution in [0.15, 0.2) is 24.3 Å². The largest absolute Gasteiger partial charge is 0.477 e. The quantitative estimate of drug-likeness (QED) is 0.897. The molecule has 1 aliphatic heterocycles. The van der Waals surface area contributed by atoms with Gasteiger partial charge in [0.25, 0.3) is 0 Å². The molecule has 2 aromatic rings. The number of carboxylic acid groups (broad SMARTS) is 1. The van der Waals surface area contributed by atoms with Crippen LogP contribution in [-0.2, 0) is 19.4 Å². The van der Waals surface area contributed by atoms with Gasteiger partial charge in [-0.1, -0.05) is 29.8 Å². The topological polar surface area (TPSA) is 75.1 Å². The van der Waals surface area contributed by atoms with Crippen molar-refractivity contribution in [1.82, 2.24) is 15.3 Å². The first kappa shape index (κ1) is 13.7. The number of nitrogens with one attached hydrogen (secondary N) is 1. The molecular formula is C16H17N3O2. The van der Waals surface area contributed by atoms with Crippen LogP contribution >= 0.6 is 0 Å². The van der Waals surface area contributed by atoms with Crippen molar-refractivity contribution in [3.63, 3.8) is 0 Å². The minimum Gasteiger partial charge on any atom is -0.477 e. The number of nitrogens with zero attached hydrogens (tertiary/aromatic N) is 2. The predicted octanol–water partition coefficient (Wildman–Crippen LogP) is 1.72. The fourth-order valence-corrected chi connectivity index (χ4v) is 2.56. The molecule has 0 bridgehead atoms. The van der Waals surface area contributed by atoms with Gasteiger partial charge in [0.2, 0.25) is 0 Å². The highest BCUT2D eigenvalue weighted by atomic mass is 16.4. The number of hydrogen-bond donors (Lipinski definition) is 2. The summed E-state index contributed by atoms with van der Waals surface area (Å²) in [4.78, 5) is 20.2. The highest BCUT2D eigenvalue weighted by Gasteiger charge is 2.21. The molecule has 0 atom stereocenters. The van der Waals surface area contributed by atoms with E-state index in [1.807, 2.05) is 31.2 Å². The minimum absolute atomic E-state index is 0.156. The Bertz CT molecular complexity index is 681. The van der Waals surface area contributed by atoms with Crippen molar-refractivity contribution in [1.29, 1.82) is 0 Å².